The maximum Gasteiger partial charge on any atom is 0.527 e. The average molecular weight is 346 g/mol. The number of phosphoric acid groups is 1. The Hall–Kier alpha value is -0.910. The summed E-state index contributed by atoms with van der Waals surface area (Å²) in [4.78, 5) is 9.76. The van der Waals surface area contributed by atoms with Crippen LogP contribution in [0, 0.1) is 0 Å². The van der Waals surface area contributed by atoms with E-state index in [1.807, 2.05) is 0 Å². The minimum atomic E-state index is -4.21. The van der Waals surface area contributed by atoms with E-state index in [9.17, 15) is 9.46 Å². The molecule has 1 unspecified atom stereocenters. The molecule has 0 spiro atoms. The van der Waals surface area contributed by atoms with Gasteiger partial charge >= 0.3 is 7.82 Å². The zero-order valence-corrected chi connectivity index (χ0v) is 14.7. The number of benzene rings is 1. The Morgan fingerprint density at radius 1 is 1.04 bits per heavy atom. The van der Waals surface area contributed by atoms with Gasteiger partial charge in [0.15, 0.2) is 6.29 Å². The molecular weight excluding hydrogens is 319 g/mol. The van der Waals surface area contributed by atoms with Crippen LogP contribution < -0.4 is 4.52 Å². The molecule has 23 heavy (non-hydrogen) atoms. The number of ether oxygens (including phenoxy) is 2. The molecular formula is C16H27O6P. The monoisotopic (exact) mass is 346 g/mol. The molecule has 7 heteroatoms. The van der Waals surface area contributed by atoms with E-state index >= 15 is 0 Å². The maximum atomic E-state index is 11.9. The van der Waals surface area contributed by atoms with Crippen LogP contribution in [-0.4, -0.2) is 31.0 Å². The molecule has 0 saturated heterocycles. The van der Waals surface area contributed by atoms with Crippen LogP contribution >= 0.6 is 7.82 Å². The van der Waals surface area contributed by atoms with Crippen molar-refractivity contribution >= 4 is 7.82 Å². The Labute approximate surface area is 138 Å². The largest absolute Gasteiger partial charge is 0.527 e. The normalized spacial score (nSPS) is 13.9. The first kappa shape index (κ1) is 20.1. The average Bonchev–Trinajstić information content (AvgIpc) is 2.53. The first-order valence-electron chi connectivity index (χ1n) is 8.02. The van der Waals surface area contributed by atoms with Gasteiger partial charge in [0, 0.05) is 13.2 Å². The lowest BCUT2D eigenvalue weighted by Gasteiger charge is -2.20. The Kier molecular flexibility index (Phi) is 10.2. The zero-order valence-electron chi connectivity index (χ0n) is 13.8. The van der Waals surface area contributed by atoms with E-state index in [2.05, 4.69) is 13.8 Å². The molecule has 0 heterocycles. The molecule has 0 radical (unpaired) electrons. The second kappa shape index (κ2) is 11.6. The summed E-state index contributed by atoms with van der Waals surface area (Å²) in [6, 6.07) is 8.37. The van der Waals surface area contributed by atoms with Gasteiger partial charge < -0.3 is 14.0 Å². The molecule has 1 N–H and O–H groups in total. The van der Waals surface area contributed by atoms with Crippen LogP contribution in [0.25, 0.3) is 0 Å². The molecule has 0 aliphatic rings. The van der Waals surface area contributed by atoms with Crippen molar-refractivity contribution in [3.8, 4) is 5.75 Å². The summed E-state index contributed by atoms with van der Waals surface area (Å²) in [5, 5.41) is 0. The highest BCUT2D eigenvalue weighted by atomic mass is 31.2. The molecule has 0 bridgehead atoms. The van der Waals surface area contributed by atoms with Crippen LogP contribution in [0.1, 0.15) is 39.5 Å². The van der Waals surface area contributed by atoms with E-state index in [1.54, 1.807) is 30.3 Å². The third kappa shape index (κ3) is 9.74. The van der Waals surface area contributed by atoms with E-state index in [0.29, 0.717) is 13.2 Å². The van der Waals surface area contributed by atoms with Gasteiger partial charge in [-0.2, -0.15) is 0 Å². The fourth-order valence-corrected chi connectivity index (χ4v) is 2.41. The fourth-order valence-electron chi connectivity index (χ4n) is 1.66. The van der Waals surface area contributed by atoms with Crippen molar-refractivity contribution < 1.29 is 28.0 Å². The van der Waals surface area contributed by atoms with E-state index in [4.69, 9.17) is 18.5 Å². The summed E-state index contributed by atoms with van der Waals surface area (Å²) in [7, 11) is -4.21. The summed E-state index contributed by atoms with van der Waals surface area (Å²) >= 11 is 0. The van der Waals surface area contributed by atoms with Gasteiger partial charge in [0.25, 0.3) is 0 Å². The van der Waals surface area contributed by atoms with Crippen LogP contribution in [0.4, 0.5) is 0 Å². The first-order valence-corrected chi connectivity index (χ1v) is 9.52. The Balaban J connectivity index is 2.44. The third-order valence-corrected chi connectivity index (χ3v) is 3.86. The summed E-state index contributed by atoms with van der Waals surface area (Å²) < 4.78 is 33.0. The minimum absolute atomic E-state index is 0.159. The van der Waals surface area contributed by atoms with Crippen LogP contribution in [0.2, 0.25) is 0 Å². The minimum Gasteiger partial charge on any atom is -0.404 e. The molecule has 0 aliphatic heterocycles. The lowest BCUT2D eigenvalue weighted by molar-refractivity contribution is -0.161. The van der Waals surface area contributed by atoms with E-state index in [1.165, 1.54) is 0 Å². The predicted molar refractivity (Wildman–Crippen MR) is 88.4 cm³/mol. The van der Waals surface area contributed by atoms with Gasteiger partial charge in [-0.3, -0.25) is 9.42 Å². The predicted octanol–water partition coefficient (Wildman–Crippen LogP) is 4.14. The van der Waals surface area contributed by atoms with Crippen molar-refractivity contribution in [2.24, 2.45) is 0 Å². The molecule has 132 valence electrons. The molecule has 0 fully saturated rings. The molecule has 1 rings (SSSR count). The Morgan fingerprint density at radius 3 is 2.13 bits per heavy atom. The highest BCUT2D eigenvalue weighted by Crippen LogP contribution is 2.43. The van der Waals surface area contributed by atoms with Gasteiger partial charge in [-0.15, -0.1) is 0 Å². The second-order valence-corrected chi connectivity index (χ2v) is 6.42. The molecule has 1 aromatic carbocycles. The van der Waals surface area contributed by atoms with Crippen molar-refractivity contribution in [2.75, 3.05) is 19.8 Å². The molecule has 0 amide bonds. The molecule has 6 nitrogen and oxygen atoms in total. The van der Waals surface area contributed by atoms with Crippen molar-refractivity contribution in [3.63, 3.8) is 0 Å². The SMILES string of the molecule is CCCCOC(COP(=O)(O)Oc1ccccc1)OCCCC. The van der Waals surface area contributed by atoms with Gasteiger partial charge in [-0.25, -0.2) is 4.57 Å². The number of hydrogen-bond acceptors (Lipinski definition) is 5. The van der Waals surface area contributed by atoms with Gasteiger partial charge in [0.2, 0.25) is 0 Å². The summed E-state index contributed by atoms with van der Waals surface area (Å²) in [5.41, 5.74) is 0. The van der Waals surface area contributed by atoms with Crippen molar-refractivity contribution in [1.29, 1.82) is 0 Å². The molecule has 1 aromatic rings. The molecule has 1 atom stereocenters. The lowest BCUT2D eigenvalue weighted by Crippen LogP contribution is -2.24. The van der Waals surface area contributed by atoms with E-state index in [0.717, 1.165) is 25.7 Å². The van der Waals surface area contributed by atoms with Gasteiger partial charge in [-0.05, 0) is 25.0 Å². The van der Waals surface area contributed by atoms with Crippen molar-refractivity contribution in [2.45, 2.75) is 45.8 Å². The van der Waals surface area contributed by atoms with E-state index in [-0.39, 0.29) is 12.4 Å². The van der Waals surface area contributed by atoms with Crippen LogP contribution in [-0.2, 0) is 18.6 Å². The Morgan fingerprint density at radius 2 is 1.61 bits per heavy atom. The Bertz CT molecular complexity index is 443. The zero-order chi connectivity index (χ0) is 17.0. The highest BCUT2D eigenvalue weighted by molar-refractivity contribution is 7.47. The highest BCUT2D eigenvalue weighted by Gasteiger charge is 2.25. The first-order chi connectivity index (χ1) is 11.1. The lowest BCUT2D eigenvalue weighted by atomic mass is 10.3. The topological polar surface area (TPSA) is 74.2 Å². The summed E-state index contributed by atoms with van der Waals surface area (Å²) in [5.74, 6) is 0.272. The van der Waals surface area contributed by atoms with Crippen LogP contribution in [0.5, 0.6) is 5.75 Å². The summed E-state index contributed by atoms with van der Waals surface area (Å²) in [6.07, 6.45) is 3.11. The van der Waals surface area contributed by atoms with Gasteiger partial charge in [-0.1, -0.05) is 44.9 Å². The smallest absolute Gasteiger partial charge is 0.404 e. The summed E-state index contributed by atoms with van der Waals surface area (Å²) in [6.45, 7) is 5.00. The van der Waals surface area contributed by atoms with E-state index < -0.39 is 14.1 Å². The van der Waals surface area contributed by atoms with Crippen molar-refractivity contribution in [1.82, 2.24) is 0 Å². The molecule has 0 aliphatic carbocycles. The number of unbranched alkanes of at least 4 members (excludes halogenated alkanes) is 2. The van der Waals surface area contributed by atoms with Crippen LogP contribution in [0.15, 0.2) is 30.3 Å². The number of hydrogen-bond donors (Lipinski definition) is 1. The van der Waals surface area contributed by atoms with Crippen molar-refractivity contribution in [3.05, 3.63) is 30.3 Å². The quantitative estimate of drug-likeness (QED) is 0.329. The van der Waals surface area contributed by atoms with Gasteiger partial charge in [0.1, 0.15) is 12.4 Å². The molecule has 0 aromatic heterocycles. The maximum absolute atomic E-state index is 11.9. The fraction of sp³-hybridized carbons (Fsp3) is 0.625. The van der Waals surface area contributed by atoms with Gasteiger partial charge in [0.05, 0.1) is 0 Å². The second-order valence-electron chi connectivity index (χ2n) is 5.05. The van der Waals surface area contributed by atoms with Crippen LogP contribution in [0.3, 0.4) is 0 Å². The number of phosphoric ester groups is 1. The number of para-hydroxylation sites is 1. The number of rotatable bonds is 13. The third-order valence-electron chi connectivity index (χ3n) is 2.94. The molecule has 0 saturated carbocycles. The standard InChI is InChI=1S/C16H27O6P/c1-3-5-12-19-16(20-13-6-4-2)14-21-23(17,18)22-15-10-8-7-9-11-15/h7-11,16H,3-6,12-14H2,1-2H3,(H,17,18).